The smallest absolute Gasteiger partial charge is 0.316 e. The number of ether oxygens (including phenoxy) is 1. The summed E-state index contributed by atoms with van der Waals surface area (Å²) in [4.78, 5) is 12.8. The van der Waals surface area contributed by atoms with E-state index in [1.165, 1.54) is 22.9 Å². The fourth-order valence-corrected chi connectivity index (χ4v) is 2.64. The van der Waals surface area contributed by atoms with Gasteiger partial charge in [0.25, 0.3) is 0 Å². The van der Waals surface area contributed by atoms with Crippen LogP contribution in [-0.2, 0) is 16.1 Å². The molecule has 21 heavy (non-hydrogen) atoms. The second-order valence-electron chi connectivity index (χ2n) is 6.14. The van der Waals surface area contributed by atoms with Crippen molar-refractivity contribution in [1.82, 2.24) is 5.32 Å². The van der Waals surface area contributed by atoms with Crippen LogP contribution < -0.4 is 5.32 Å². The van der Waals surface area contributed by atoms with Crippen molar-refractivity contribution in [2.45, 2.75) is 58.1 Å². The summed E-state index contributed by atoms with van der Waals surface area (Å²) < 4.78 is 5.31. The first-order valence-electron chi connectivity index (χ1n) is 7.46. The lowest BCUT2D eigenvalue weighted by Gasteiger charge is -2.19. The van der Waals surface area contributed by atoms with Crippen LogP contribution in [0.5, 0.6) is 0 Å². The van der Waals surface area contributed by atoms with E-state index in [9.17, 15) is 4.79 Å². The van der Waals surface area contributed by atoms with Gasteiger partial charge in [-0.1, -0.05) is 13.0 Å². The number of benzene rings is 1. The average molecular weight is 309 g/mol. The minimum Gasteiger partial charge on any atom is -0.459 e. The Bertz CT molecular complexity index is 466. The molecule has 1 aromatic carbocycles. The predicted molar refractivity (Wildman–Crippen MR) is 89.7 cm³/mol. The predicted octanol–water partition coefficient (Wildman–Crippen LogP) is 3.93. The van der Waals surface area contributed by atoms with Crippen molar-refractivity contribution >= 4 is 17.7 Å². The highest BCUT2D eigenvalue weighted by Crippen LogP contribution is 2.22. The van der Waals surface area contributed by atoms with Gasteiger partial charge in [-0.2, -0.15) is 0 Å². The van der Waals surface area contributed by atoms with E-state index in [0.29, 0.717) is 5.75 Å². The molecule has 0 heterocycles. The Labute approximate surface area is 132 Å². The van der Waals surface area contributed by atoms with Gasteiger partial charge in [-0.3, -0.25) is 4.79 Å². The molecule has 0 saturated carbocycles. The standard InChI is InChI=1S/C17H27NO2S/c1-6-9-18-11-14-7-8-15(10-13(14)2)21-12-16(19)20-17(3,4)5/h7-8,10,18H,6,9,11-12H2,1-5H3. The first-order valence-corrected chi connectivity index (χ1v) is 8.45. The van der Waals surface area contributed by atoms with Crippen molar-refractivity contribution < 1.29 is 9.53 Å². The van der Waals surface area contributed by atoms with Gasteiger partial charge in [0.2, 0.25) is 0 Å². The van der Waals surface area contributed by atoms with Gasteiger partial charge >= 0.3 is 5.97 Å². The van der Waals surface area contributed by atoms with Gasteiger partial charge in [-0.25, -0.2) is 0 Å². The van der Waals surface area contributed by atoms with Crippen molar-refractivity contribution in [3.63, 3.8) is 0 Å². The molecular formula is C17H27NO2S. The SMILES string of the molecule is CCCNCc1ccc(SCC(=O)OC(C)(C)C)cc1C. The maximum Gasteiger partial charge on any atom is 0.316 e. The topological polar surface area (TPSA) is 38.3 Å². The molecule has 0 spiro atoms. The van der Waals surface area contributed by atoms with E-state index in [1.54, 1.807) is 0 Å². The second-order valence-corrected chi connectivity index (χ2v) is 7.19. The van der Waals surface area contributed by atoms with Crippen molar-refractivity contribution in [2.24, 2.45) is 0 Å². The average Bonchev–Trinajstić information content (AvgIpc) is 2.37. The summed E-state index contributed by atoms with van der Waals surface area (Å²) in [5, 5.41) is 3.41. The van der Waals surface area contributed by atoms with Crippen molar-refractivity contribution in [2.75, 3.05) is 12.3 Å². The van der Waals surface area contributed by atoms with E-state index < -0.39 is 5.60 Å². The van der Waals surface area contributed by atoms with Gasteiger partial charge in [0, 0.05) is 11.4 Å². The quantitative estimate of drug-likeness (QED) is 0.470. The summed E-state index contributed by atoms with van der Waals surface area (Å²) in [6.45, 7) is 11.9. The van der Waals surface area contributed by atoms with Crippen molar-refractivity contribution in [1.29, 1.82) is 0 Å². The third-order valence-electron chi connectivity index (χ3n) is 2.83. The minimum absolute atomic E-state index is 0.168. The number of carbonyl (C=O) groups excluding carboxylic acids is 1. The molecule has 0 fully saturated rings. The van der Waals surface area contributed by atoms with Crippen LogP contribution in [0.4, 0.5) is 0 Å². The Balaban J connectivity index is 2.50. The molecule has 0 aliphatic rings. The number of thioether (sulfide) groups is 1. The first kappa shape index (κ1) is 18.1. The van der Waals surface area contributed by atoms with Gasteiger partial charge in [0.1, 0.15) is 5.60 Å². The molecule has 0 atom stereocenters. The molecule has 0 saturated heterocycles. The Morgan fingerprint density at radius 3 is 2.62 bits per heavy atom. The molecule has 1 rings (SSSR count). The summed E-state index contributed by atoms with van der Waals surface area (Å²) in [7, 11) is 0. The second kappa shape index (κ2) is 8.44. The van der Waals surface area contributed by atoms with Crippen molar-refractivity contribution in [3.8, 4) is 0 Å². The summed E-state index contributed by atoms with van der Waals surface area (Å²) in [5.74, 6) is 0.184. The van der Waals surface area contributed by atoms with Crippen LogP contribution in [0.3, 0.4) is 0 Å². The number of esters is 1. The molecule has 0 radical (unpaired) electrons. The Hall–Kier alpha value is -1.00. The molecule has 0 bridgehead atoms. The minimum atomic E-state index is -0.414. The molecule has 0 aliphatic carbocycles. The lowest BCUT2D eigenvalue weighted by Crippen LogP contribution is -2.24. The van der Waals surface area contributed by atoms with Crippen LogP contribution >= 0.6 is 11.8 Å². The highest BCUT2D eigenvalue weighted by atomic mass is 32.2. The monoisotopic (exact) mass is 309 g/mol. The van der Waals surface area contributed by atoms with E-state index in [2.05, 4.69) is 37.4 Å². The molecule has 118 valence electrons. The molecule has 1 N–H and O–H groups in total. The molecule has 4 heteroatoms. The van der Waals surface area contributed by atoms with Gasteiger partial charge < -0.3 is 10.1 Å². The molecule has 0 aromatic heterocycles. The largest absolute Gasteiger partial charge is 0.459 e. The van der Waals surface area contributed by atoms with Crippen LogP contribution in [0.2, 0.25) is 0 Å². The lowest BCUT2D eigenvalue weighted by atomic mass is 10.1. The number of rotatable bonds is 7. The van der Waals surface area contributed by atoms with Crippen LogP contribution in [0.15, 0.2) is 23.1 Å². The molecule has 0 unspecified atom stereocenters. The zero-order chi connectivity index (χ0) is 15.9. The summed E-state index contributed by atoms with van der Waals surface area (Å²) >= 11 is 1.53. The highest BCUT2D eigenvalue weighted by molar-refractivity contribution is 8.00. The molecule has 0 amide bonds. The van der Waals surface area contributed by atoms with Crippen LogP contribution in [-0.4, -0.2) is 23.9 Å². The third kappa shape index (κ3) is 7.53. The fourth-order valence-electron chi connectivity index (χ4n) is 1.87. The van der Waals surface area contributed by atoms with Crippen LogP contribution in [0.1, 0.15) is 45.2 Å². The zero-order valence-electron chi connectivity index (χ0n) is 13.8. The van der Waals surface area contributed by atoms with Crippen LogP contribution in [0, 0.1) is 6.92 Å². The van der Waals surface area contributed by atoms with E-state index >= 15 is 0 Å². The van der Waals surface area contributed by atoms with Gasteiger partial charge in [-0.15, -0.1) is 11.8 Å². The molecule has 3 nitrogen and oxygen atoms in total. The van der Waals surface area contributed by atoms with E-state index in [4.69, 9.17) is 4.74 Å². The normalized spacial score (nSPS) is 11.5. The number of nitrogens with one attached hydrogen (secondary N) is 1. The Morgan fingerprint density at radius 2 is 2.05 bits per heavy atom. The zero-order valence-corrected chi connectivity index (χ0v) is 14.6. The number of hydrogen-bond acceptors (Lipinski definition) is 4. The first-order chi connectivity index (χ1) is 9.81. The lowest BCUT2D eigenvalue weighted by molar-refractivity contribution is -0.151. The number of aryl methyl sites for hydroxylation is 1. The fraction of sp³-hybridized carbons (Fsp3) is 0.588. The van der Waals surface area contributed by atoms with Crippen LogP contribution in [0.25, 0.3) is 0 Å². The molecule has 0 aliphatic heterocycles. The van der Waals surface area contributed by atoms with Gasteiger partial charge in [0.05, 0.1) is 5.75 Å². The van der Waals surface area contributed by atoms with E-state index in [-0.39, 0.29) is 5.97 Å². The maximum absolute atomic E-state index is 11.7. The summed E-state index contributed by atoms with van der Waals surface area (Å²) in [6.07, 6.45) is 1.14. The number of carbonyl (C=O) groups is 1. The highest BCUT2D eigenvalue weighted by Gasteiger charge is 2.16. The maximum atomic E-state index is 11.7. The molecule has 1 aromatic rings. The molecular weight excluding hydrogens is 282 g/mol. The Kier molecular flexibility index (Phi) is 7.26. The van der Waals surface area contributed by atoms with Crippen molar-refractivity contribution in [3.05, 3.63) is 29.3 Å². The Morgan fingerprint density at radius 1 is 1.33 bits per heavy atom. The third-order valence-corrected chi connectivity index (χ3v) is 3.80. The van der Waals surface area contributed by atoms with E-state index in [1.807, 2.05) is 20.8 Å². The van der Waals surface area contributed by atoms with Gasteiger partial charge in [0.15, 0.2) is 0 Å². The number of hydrogen-bond donors (Lipinski definition) is 1. The van der Waals surface area contributed by atoms with Gasteiger partial charge in [-0.05, 0) is 63.9 Å². The van der Waals surface area contributed by atoms with E-state index in [0.717, 1.165) is 24.4 Å². The summed E-state index contributed by atoms with van der Waals surface area (Å²) in [6, 6.07) is 6.35. The summed E-state index contributed by atoms with van der Waals surface area (Å²) in [5.41, 5.74) is 2.15.